The minimum atomic E-state index is -0.800. The maximum Gasteiger partial charge on any atom is 0.330 e. The molecule has 184 valence electrons. The fraction of sp³-hybridized carbons (Fsp3) is 0.800. The summed E-state index contributed by atoms with van der Waals surface area (Å²) in [5.41, 5.74) is 4.58. The minimum Gasteiger partial charge on any atom is -0.478 e. The third kappa shape index (κ3) is 3.50. The Balaban J connectivity index is 1.61. The lowest BCUT2D eigenvalue weighted by Gasteiger charge is -2.61. The average molecular weight is 455 g/mol. The molecule has 1 N–H and O–H groups in total. The van der Waals surface area contributed by atoms with Crippen LogP contribution in [-0.4, -0.2) is 16.9 Å². The van der Waals surface area contributed by atoms with Crippen molar-refractivity contribution in [1.29, 1.82) is 0 Å². The molecule has 3 heteroatoms. The summed E-state index contributed by atoms with van der Waals surface area (Å²) in [5.74, 6) is 1.47. The molecule has 0 bridgehead atoms. The minimum absolute atomic E-state index is 0.193. The lowest BCUT2D eigenvalue weighted by Crippen LogP contribution is -2.53. The van der Waals surface area contributed by atoms with E-state index in [1.54, 1.807) is 18.1 Å². The molecule has 4 rings (SSSR count). The topological polar surface area (TPSA) is 54.4 Å². The molecule has 0 saturated heterocycles. The highest BCUT2D eigenvalue weighted by Gasteiger charge is 2.63. The Kier molecular flexibility index (Phi) is 6.07. The zero-order valence-corrected chi connectivity index (χ0v) is 22.1. The molecule has 3 nitrogen and oxygen atoms in total. The van der Waals surface area contributed by atoms with E-state index < -0.39 is 5.97 Å². The third-order valence-electron chi connectivity index (χ3n) is 11.7. The summed E-state index contributed by atoms with van der Waals surface area (Å²) in [5, 5.41) is 9.16. The van der Waals surface area contributed by atoms with Crippen molar-refractivity contribution in [2.75, 3.05) is 0 Å². The summed E-state index contributed by atoms with van der Waals surface area (Å²) in [6, 6.07) is 0. The molecule has 0 radical (unpaired) electrons. The van der Waals surface area contributed by atoms with E-state index >= 15 is 0 Å². The number of allylic oxidation sites excluding steroid dienone is 3. The maximum absolute atomic E-state index is 12.8. The number of aliphatic carboxylic acids is 1. The van der Waals surface area contributed by atoms with Gasteiger partial charge in [0.15, 0.2) is 0 Å². The Morgan fingerprint density at radius 2 is 1.73 bits per heavy atom. The summed E-state index contributed by atoms with van der Waals surface area (Å²) in [4.78, 5) is 23.9. The fourth-order valence-electron chi connectivity index (χ4n) is 9.29. The second-order valence-electron chi connectivity index (χ2n) is 13.3. The zero-order valence-electron chi connectivity index (χ0n) is 22.1. The monoisotopic (exact) mass is 454 g/mol. The largest absolute Gasteiger partial charge is 0.478 e. The highest BCUT2D eigenvalue weighted by molar-refractivity contribution is 5.86. The van der Waals surface area contributed by atoms with Crippen LogP contribution in [0.25, 0.3) is 0 Å². The van der Waals surface area contributed by atoms with Gasteiger partial charge in [0.1, 0.15) is 5.78 Å². The molecule has 0 aromatic heterocycles. The van der Waals surface area contributed by atoms with E-state index in [-0.39, 0.29) is 16.2 Å². The first-order valence-electron chi connectivity index (χ1n) is 13.5. The summed E-state index contributed by atoms with van der Waals surface area (Å²) >= 11 is 0. The van der Waals surface area contributed by atoms with Crippen LogP contribution >= 0.6 is 0 Å². The molecule has 2 fully saturated rings. The molecule has 4 aliphatic carbocycles. The lowest BCUT2D eigenvalue weighted by atomic mass is 9.43. The van der Waals surface area contributed by atoms with Gasteiger partial charge in [0.25, 0.3) is 0 Å². The molecule has 0 aliphatic heterocycles. The number of carbonyl (C=O) groups excluding carboxylic acids is 1. The van der Waals surface area contributed by atoms with Crippen LogP contribution in [-0.2, 0) is 9.59 Å². The normalized spacial score (nSPS) is 41.3. The van der Waals surface area contributed by atoms with Gasteiger partial charge in [-0.2, -0.15) is 0 Å². The molecule has 0 aromatic carbocycles. The van der Waals surface area contributed by atoms with Crippen LogP contribution in [0.1, 0.15) is 113 Å². The number of carboxylic acid groups (broad SMARTS) is 1. The Morgan fingerprint density at radius 1 is 1.03 bits per heavy atom. The molecular formula is C30H46O3. The van der Waals surface area contributed by atoms with Gasteiger partial charge in [0, 0.05) is 17.4 Å². The van der Waals surface area contributed by atoms with Crippen LogP contribution in [0.2, 0.25) is 0 Å². The van der Waals surface area contributed by atoms with E-state index in [0.29, 0.717) is 34.5 Å². The first-order chi connectivity index (χ1) is 15.3. The Bertz CT molecular complexity index is 908. The molecule has 33 heavy (non-hydrogen) atoms. The lowest BCUT2D eigenvalue weighted by molar-refractivity contribution is -0.139. The Morgan fingerprint density at radius 3 is 2.39 bits per heavy atom. The van der Waals surface area contributed by atoms with Gasteiger partial charge in [0.05, 0.1) is 0 Å². The second-order valence-corrected chi connectivity index (χ2v) is 13.3. The van der Waals surface area contributed by atoms with E-state index in [1.165, 1.54) is 38.5 Å². The van der Waals surface area contributed by atoms with Crippen molar-refractivity contribution in [3.8, 4) is 0 Å². The number of carboxylic acids is 1. The quantitative estimate of drug-likeness (QED) is 0.341. The van der Waals surface area contributed by atoms with Crippen LogP contribution in [0.3, 0.4) is 0 Å². The number of hydrogen-bond donors (Lipinski definition) is 1. The van der Waals surface area contributed by atoms with Crippen molar-refractivity contribution in [1.82, 2.24) is 0 Å². The molecule has 0 spiro atoms. The summed E-state index contributed by atoms with van der Waals surface area (Å²) in [6.07, 6.45) is 13.0. The van der Waals surface area contributed by atoms with Crippen molar-refractivity contribution in [3.63, 3.8) is 0 Å². The summed E-state index contributed by atoms with van der Waals surface area (Å²) < 4.78 is 0. The van der Waals surface area contributed by atoms with Crippen molar-refractivity contribution in [3.05, 3.63) is 22.8 Å². The zero-order chi connectivity index (χ0) is 24.4. The van der Waals surface area contributed by atoms with E-state index in [9.17, 15) is 9.59 Å². The predicted molar refractivity (Wildman–Crippen MR) is 134 cm³/mol. The molecule has 0 amide bonds. The second kappa shape index (κ2) is 8.09. The SMILES string of the molecule is C/C(=C/CC[C@@H](C)[C@H]1CC[C@@]2(C)C3=C(CC[C@]12C)[C@@]1(C)CCC(=O)C(C)(C)[C@H]1CC3)C(=O)O. The standard InChI is InChI=1S/C30H46O3/c1-19(9-8-10-20(2)26(32)33)21-13-17-30(7)23-11-12-24-27(3,4)25(31)15-16-28(24,5)22(23)14-18-29(21,30)6/h10,19,21,24H,8-9,11-18H2,1-7H3,(H,32,33)/b20-10-/t19-,21-,24-,28-,29-,30+/m1/s1. The van der Waals surface area contributed by atoms with Crippen LogP contribution in [0.15, 0.2) is 22.8 Å². The van der Waals surface area contributed by atoms with Gasteiger partial charge in [-0.15, -0.1) is 0 Å². The van der Waals surface area contributed by atoms with Crippen LogP contribution in [0, 0.1) is 39.4 Å². The highest BCUT2D eigenvalue weighted by Crippen LogP contribution is 2.72. The van der Waals surface area contributed by atoms with E-state index in [4.69, 9.17) is 5.11 Å². The van der Waals surface area contributed by atoms with Gasteiger partial charge in [0.2, 0.25) is 0 Å². The van der Waals surface area contributed by atoms with E-state index in [0.717, 1.165) is 25.7 Å². The van der Waals surface area contributed by atoms with Crippen LogP contribution < -0.4 is 0 Å². The molecule has 0 heterocycles. The molecule has 4 aliphatic rings. The van der Waals surface area contributed by atoms with Crippen molar-refractivity contribution >= 4 is 11.8 Å². The van der Waals surface area contributed by atoms with Crippen molar-refractivity contribution in [2.45, 2.75) is 113 Å². The van der Waals surface area contributed by atoms with Gasteiger partial charge in [-0.3, -0.25) is 4.79 Å². The first kappa shape index (κ1) is 24.7. The van der Waals surface area contributed by atoms with Crippen molar-refractivity contribution < 1.29 is 14.7 Å². The average Bonchev–Trinajstić information content (AvgIpc) is 3.02. The molecule has 6 atom stereocenters. The Hall–Kier alpha value is -1.38. The third-order valence-corrected chi connectivity index (χ3v) is 11.7. The summed E-state index contributed by atoms with van der Waals surface area (Å²) in [6.45, 7) is 16.2. The van der Waals surface area contributed by atoms with Gasteiger partial charge in [-0.1, -0.05) is 58.8 Å². The van der Waals surface area contributed by atoms with Gasteiger partial charge in [-0.05, 0) is 98.7 Å². The van der Waals surface area contributed by atoms with E-state index in [1.807, 2.05) is 6.08 Å². The van der Waals surface area contributed by atoms with Crippen molar-refractivity contribution in [2.24, 2.45) is 39.4 Å². The molecular weight excluding hydrogens is 408 g/mol. The van der Waals surface area contributed by atoms with Crippen LogP contribution in [0.4, 0.5) is 0 Å². The van der Waals surface area contributed by atoms with Crippen LogP contribution in [0.5, 0.6) is 0 Å². The number of carbonyl (C=O) groups is 2. The smallest absolute Gasteiger partial charge is 0.330 e. The summed E-state index contributed by atoms with van der Waals surface area (Å²) in [7, 11) is 0. The number of rotatable bonds is 5. The Labute approximate surface area is 201 Å². The first-order valence-corrected chi connectivity index (χ1v) is 13.5. The fourth-order valence-corrected chi connectivity index (χ4v) is 9.29. The van der Waals surface area contributed by atoms with E-state index in [2.05, 4.69) is 41.5 Å². The number of ketones is 1. The van der Waals surface area contributed by atoms with Gasteiger partial charge in [-0.25, -0.2) is 4.79 Å². The van der Waals surface area contributed by atoms with Gasteiger partial charge < -0.3 is 5.11 Å². The molecule has 0 unspecified atom stereocenters. The van der Waals surface area contributed by atoms with Gasteiger partial charge >= 0.3 is 5.97 Å². The number of hydrogen-bond acceptors (Lipinski definition) is 2. The molecule has 2 saturated carbocycles. The number of fused-ring (bicyclic) bond motifs is 4. The molecule has 0 aromatic rings. The maximum atomic E-state index is 12.8. The predicted octanol–water partition coefficient (Wildman–Crippen LogP) is 7.75. The highest BCUT2D eigenvalue weighted by atomic mass is 16.4. The number of Topliss-reactive ketones (excluding diaryl/α,β-unsaturated/α-hetero) is 1.